The molecule has 2 aromatic rings. The van der Waals surface area contributed by atoms with Gasteiger partial charge in [0.05, 0.1) is 11.2 Å². The molecule has 1 aromatic heterocycles. The molecule has 5 N–H and O–H groups in total. The fourth-order valence-corrected chi connectivity index (χ4v) is 4.64. The number of fused-ring (bicyclic) bond motifs is 1. The molecule has 1 saturated heterocycles. The fraction of sp³-hybridized carbons (Fsp3) is 0.400. The first-order valence-corrected chi connectivity index (χ1v) is 11.1. The highest BCUT2D eigenvalue weighted by Gasteiger charge is 2.42. The van der Waals surface area contributed by atoms with E-state index in [9.17, 15) is 4.79 Å². The maximum atomic E-state index is 13.5. The van der Waals surface area contributed by atoms with Gasteiger partial charge in [-0.2, -0.15) is 0 Å². The van der Waals surface area contributed by atoms with Gasteiger partial charge in [-0.05, 0) is 50.6 Å². The summed E-state index contributed by atoms with van der Waals surface area (Å²) >= 11 is 0. The van der Waals surface area contributed by atoms with Crippen molar-refractivity contribution < 1.29 is 4.79 Å². The van der Waals surface area contributed by atoms with Gasteiger partial charge in [0.25, 0.3) is 0 Å². The minimum atomic E-state index is -1.08. The third-order valence-corrected chi connectivity index (χ3v) is 6.50. The largest absolute Gasteiger partial charge is 0.387 e. The predicted molar refractivity (Wildman–Crippen MR) is 126 cm³/mol. The van der Waals surface area contributed by atoms with Crippen molar-refractivity contribution in [3.05, 3.63) is 60.3 Å². The molecule has 1 aliphatic heterocycles. The number of nitrogens with zero attached hydrogens (tertiary/aromatic N) is 2. The van der Waals surface area contributed by atoms with Crippen LogP contribution in [0.15, 0.2) is 54.6 Å². The van der Waals surface area contributed by atoms with Crippen molar-refractivity contribution in [2.75, 3.05) is 19.6 Å². The summed E-state index contributed by atoms with van der Waals surface area (Å²) in [6.45, 7) is 3.09. The third-order valence-electron chi connectivity index (χ3n) is 6.50. The Kier molecular flexibility index (Phi) is 6.30. The second kappa shape index (κ2) is 9.12. The number of unbranched alkanes of at least 4 members (excludes halogenated alkanes) is 2. The van der Waals surface area contributed by atoms with Gasteiger partial charge in [0.2, 0.25) is 0 Å². The van der Waals surface area contributed by atoms with Crippen LogP contribution < -0.4 is 11.5 Å². The number of aromatic nitrogens is 1. The van der Waals surface area contributed by atoms with E-state index in [0.717, 1.165) is 56.2 Å². The lowest BCUT2D eigenvalue weighted by Crippen LogP contribution is -2.43. The SMILES string of the molecule is N=C(N)C1(CCCCCN2CCC(N)C2)C=CC=C(c2ccc3ccccc3n2)C1=O. The van der Waals surface area contributed by atoms with E-state index in [-0.39, 0.29) is 11.6 Å². The van der Waals surface area contributed by atoms with Crippen molar-refractivity contribution in [1.29, 1.82) is 5.41 Å². The van der Waals surface area contributed by atoms with E-state index in [1.807, 2.05) is 42.5 Å². The van der Waals surface area contributed by atoms with Crippen LogP contribution in [-0.2, 0) is 4.79 Å². The van der Waals surface area contributed by atoms with E-state index < -0.39 is 5.41 Å². The van der Waals surface area contributed by atoms with E-state index in [2.05, 4.69) is 9.88 Å². The molecule has 6 heteroatoms. The van der Waals surface area contributed by atoms with Crippen molar-refractivity contribution in [2.45, 2.75) is 38.1 Å². The molecule has 0 spiro atoms. The van der Waals surface area contributed by atoms with Crippen LogP contribution in [-0.4, -0.2) is 47.2 Å². The summed E-state index contributed by atoms with van der Waals surface area (Å²) in [7, 11) is 0. The maximum Gasteiger partial charge on any atom is 0.182 e. The molecule has 0 saturated carbocycles. The van der Waals surface area contributed by atoms with Gasteiger partial charge in [-0.15, -0.1) is 0 Å². The van der Waals surface area contributed by atoms with Gasteiger partial charge in [-0.25, -0.2) is 4.98 Å². The number of hydrogen-bond acceptors (Lipinski definition) is 5. The monoisotopic (exact) mass is 417 g/mol. The number of nitrogens with one attached hydrogen (secondary N) is 1. The summed E-state index contributed by atoms with van der Waals surface area (Å²) in [5.41, 5.74) is 12.9. The number of allylic oxidation sites excluding steroid dienone is 3. The van der Waals surface area contributed by atoms with E-state index in [1.54, 1.807) is 12.2 Å². The lowest BCUT2D eigenvalue weighted by molar-refractivity contribution is -0.118. The number of likely N-dealkylation sites (tertiary alicyclic amines) is 1. The van der Waals surface area contributed by atoms with Crippen LogP contribution in [0.3, 0.4) is 0 Å². The van der Waals surface area contributed by atoms with E-state index in [1.165, 1.54) is 0 Å². The van der Waals surface area contributed by atoms with Crippen molar-refractivity contribution in [3.8, 4) is 0 Å². The van der Waals surface area contributed by atoms with Gasteiger partial charge in [0.1, 0.15) is 11.3 Å². The van der Waals surface area contributed by atoms with Gasteiger partial charge >= 0.3 is 0 Å². The van der Waals surface area contributed by atoms with Crippen LogP contribution in [0.1, 0.15) is 37.8 Å². The average Bonchev–Trinajstić information content (AvgIpc) is 3.19. The number of benzene rings is 1. The second-order valence-electron chi connectivity index (χ2n) is 8.70. The summed E-state index contributed by atoms with van der Waals surface area (Å²) in [5.74, 6) is -0.221. The highest BCUT2D eigenvalue weighted by molar-refractivity contribution is 6.31. The number of amidine groups is 1. The van der Waals surface area contributed by atoms with E-state index in [4.69, 9.17) is 16.9 Å². The van der Waals surface area contributed by atoms with Crippen molar-refractivity contribution in [3.63, 3.8) is 0 Å². The quantitative estimate of drug-likeness (QED) is 0.347. The Balaban J connectivity index is 1.44. The van der Waals surface area contributed by atoms with Crippen molar-refractivity contribution in [2.24, 2.45) is 16.9 Å². The zero-order chi connectivity index (χ0) is 21.8. The van der Waals surface area contributed by atoms with Crippen molar-refractivity contribution in [1.82, 2.24) is 9.88 Å². The molecule has 0 radical (unpaired) electrons. The van der Waals surface area contributed by atoms with Crippen molar-refractivity contribution >= 4 is 28.1 Å². The molecule has 2 atom stereocenters. The Bertz CT molecular complexity index is 1040. The molecule has 31 heavy (non-hydrogen) atoms. The minimum absolute atomic E-state index is 0.0920. The molecule has 2 unspecified atom stereocenters. The van der Waals surface area contributed by atoms with E-state index in [0.29, 0.717) is 23.7 Å². The first-order valence-electron chi connectivity index (χ1n) is 11.1. The first-order chi connectivity index (χ1) is 15.0. The number of ketones is 1. The molecule has 0 bridgehead atoms. The number of nitrogens with two attached hydrogens (primary N) is 2. The van der Waals surface area contributed by atoms with Gasteiger partial charge in [-0.3, -0.25) is 10.2 Å². The first kappa shape index (κ1) is 21.4. The number of Topliss-reactive ketones (excluding diaryl/α,β-unsaturated/α-hetero) is 1. The molecule has 162 valence electrons. The number of rotatable bonds is 8. The highest BCUT2D eigenvalue weighted by atomic mass is 16.1. The summed E-state index contributed by atoms with van der Waals surface area (Å²) < 4.78 is 0. The number of hydrogen-bond donors (Lipinski definition) is 3. The third kappa shape index (κ3) is 4.45. The number of carbonyl (C=O) groups excluding carboxylic acids is 1. The molecule has 1 aliphatic carbocycles. The minimum Gasteiger partial charge on any atom is -0.387 e. The van der Waals surface area contributed by atoms with Crippen LogP contribution in [0.4, 0.5) is 0 Å². The molecule has 4 rings (SSSR count). The van der Waals surface area contributed by atoms with Crippen LogP contribution in [0.5, 0.6) is 0 Å². The lowest BCUT2D eigenvalue weighted by atomic mass is 9.72. The molecular formula is C25H31N5O. The van der Waals surface area contributed by atoms with Gasteiger partial charge < -0.3 is 16.4 Å². The summed E-state index contributed by atoms with van der Waals surface area (Å²) in [6, 6.07) is 12.0. The molecule has 6 nitrogen and oxygen atoms in total. The average molecular weight is 418 g/mol. The molecule has 2 heterocycles. The summed E-state index contributed by atoms with van der Waals surface area (Å²) in [6.07, 6.45) is 9.95. The second-order valence-corrected chi connectivity index (χ2v) is 8.70. The van der Waals surface area contributed by atoms with E-state index >= 15 is 0 Å². The standard InChI is InChI=1S/C25H31N5O/c26-19-12-16-30(17-19)15-5-1-4-13-25(24(27)28)14-6-8-20(23(25)31)22-11-10-18-7-2-3-9-21(18)29-22/h2-3,6-11,14,19H,1,4-5,12-13,15-17,26H2,(H3,27,28). The Morgan fingerprint density at radius 1 is 1.19 bits per heavy atom. The molecule has 1 fully saturated rings. The van der Waals surface area contributed by atoms with Gasteiger partial charge in [0.15, 0.2) is 5.78 Å². The Labute approximate surface area is 183 Å². The van der Waals surface area contributed by atoms with Gasteiger partial charge in [0, 0.05) is 23.5 Å². The maximum absolute atomic E-state index is 13.5. The number of para-hydroxylation sites is 1. The zero-order valence-corrected chi connectivity index (χ0v) is 17.9. The molecule has 2 aliphatic rings. The predicted octanol–water partition coefficient (Wildman–Crippen LogP) is 3.27. The molecule has 0 amide bonds. The smallest absolute Gasteiger partial charge is 0.182 e. The zero-order valence-electron chi connectivity index (χ0n) is 17.9. The Morgan fingerprint density at radius 2 is 2.03 bits per heavy atom. The van der Waals surface area contributed by atoms with Crippen LogP contribution in [0, 0.1) is 10.8 Å². The molecule has 1 aromatic carbocycles. The van der Waals surface area contributed by atoms with Crippen LogP contribution >= 0.6 is 0 Å². The number of pyridine rings is 1. The van der Waals surface area contributed by atoms with Crippen LogP contribution in [0.2, 0.25) is 0 Å². The molecular weight excluding hydrogens is 386 g/mol. The normalized spacial score (nSPS) is 24.0. The Morgan fingerprint density at radius 3 is 2.81 bits per heavy atom. The summed E-state index contributed by atoms with van der Waals surface area (Å²) in [5, 5.41) is 9.26. The topological polar surface area (TPSA) is 109 Å². The van der Waals surface area contributed by atoms with Crippen LogP contribution in [0.25, 0.3) is 16.5 Å². The Hall–Kier alpha value is -2.83. The lowest BCUT2D eigenvalue weighted by Gasteiger charge is -2.31. The number of carbonyl (C=O) groups is 1. The van der Waals surface area contributed by atoms with Gasteiger partial charge in [-0.1, -0.05) is 49.3 Å². The summed E-state index contributed by atoms with van der Waals surface area (Å²) in [4.78, 5) is 20.6. The highest BCUT2D eigenvalue weighted by Crippen LogP contribution is 2.37. The fourth-order valence-electron chi connectivity index (χ4n) is 4.64.